The summed E-state index contributed by atoms with van der Waals surface area (Å²) in [6.07, 6.45) is -3.09. The highest BCUT2D eigenvalue weighted by molar-refractivity contribution is 7.99. The molecule has 2 N–H and O–H groups in total. The van der Waals surface area contributed by atoms with Crippen LogP contribution in [-0.4, -0.2) is 46.1 Å². The Balaban J connectivity index is 1.94. The van der Waals surface area contributed by atoms with E-state index in [0.29, 0.717) is 11.3 Å². The van der Waals surface area contributed by atoms with Crippen molar-refractivity contribution in [2.45, 2.75) is 11.3 Å². The first-order valence-electron chi connectivity index (χ1n) is 9.81. The summed E-state index contributed by atoms with van der Waals surface area (Å²) in [6.45, 7) is 3.64. The molecule has 178 valence electrons. The molecule has 2 aromatic carbocycles. The van der Waals surface area contributed by atoms with Crippen LogP contribution < -0.4 is 15.4 Å². The van der Waals surface area contributed by atoms with Crippen LogP contribution in [0.1, 0.15) is 5.56 Å². The number of carbonyl (C=O) groups is 2. The van der Waals surface area contributed by atoms with Crippen LogP contribution >= 0.6 is 11.8 Å². The number of nitrogens with zero attached hydrogens (tertiary/aromatic N) is 3. The van der Waals surface area contributed by atoms with Crippen molar-refractivity contribution in [2.75, 3.05) is 19.4 Å². The van der Waals surface area contributed by atoms with Gasteiger partial charge in [0.25, 0.3) is 0 Å². The van der Waals surface area contributed by atoms with Crippen LogP contribution in [0.3, 0.4) is 0 Å². The third-order valence-corrected chi connectivity index (χ3v) is 5.33. The van der Waals surface area contributed by atoms with Crippen LogP contribution in [0.4, 0.5) is 18.0 Å². The molecule has 0 atom stereocenters. The van der Waals surface area contributed by atoms with Gasteiger partial charge in [0.15, 0.2) is 11.0 Å². The topological polar surface area (TPSA) is 98.1 Å². The standard InChI is InChI=1S/C22H20F3N5O3S/c1-3-11-26-20(32)27-18(31)13-34-21-29-28-19(14-7-9-17(33-2)10-8-14)30(21)16-6-4-5-15(12-16)22(23,24)25/h3-10,12H,1,11,13H2,2H3,(H2,26,27,31,32). The third-order valence-electron chi connectivity index (χ3n) is 4.41. The van der Waals surface area contributed by atoms with Gasteiger partial charge >= 0.3 is 12.2 Å². The number of hydrogen-bond donors (Lipinski definition) is 2. The highest BCUT2D eigenvalue weighted by Crippen LogP contribution is 2.33. The molecule has 0 aliphatic rings. The molecule has 3 aromatic rings. The van der Waals surface area contributed by atoms with Gasteiger partial charge in [0.05, 0.1) is 24.1 Å². The normalized spacial score (nSPS) is 11.1. The average molecular weight is 491 g/mol. The first-order chi connectivity index (χ1) is 16.2. The lowest BCUT2D eigenvalue weighted by atomic mass is 10.1. The van der Waals surface area contributed by atoms with Crippen molar-refractivity contribution in [1.29, 1.82) is 0 Å². The number of ether oxygens (including phenoxy) is 1. The largest absolute Gasteiger partial charge is 0.497 e. The molecule has 0 spiro atoms. The number of aromatic nitrogens is 3. The molecular weight excluding hydrogens is 471 g/mol. The molecule has 8 nitrogen and oxygen atoms in total. The molecule has 3 amide bonds. The summed E-state index contributed by atoms with van der Waals surface area (Å²) in [4.78, 5) is 23.8. The van der Waals surface area contributed by atoms with Crippen LogP contribution in [0.25, 0.3) is 17.1 Å². The number of thioether (sulfide) groups is 1. The van der Waals surface area contributed by atoms with E-state index in [2.05, 4.69) is 27.4 Å². The Labute approximate surface area is 197 Å². The SMILES string of the molecule is C=CCNC(=O)NC(=O)CSc1nnc(-c2ccc(OC)cc2)n1-c1cccc(C(F)(F)F)c1. The quantitative estimate of drug-likeness (QED) is 0.364. The predicted octanol–water partition coefficient (Wildman–Crippen LogP) is 4.07. The van der Waals surface area contributed by atoms with E-state index in [1.54, 1.807) is 24.3 Å². The molecule has 1 heterocycles. The Morgan fingerprint density at radius 3 is 2.56 bits per heavy atom. The minimum atomic E-state index is -4.55. The summed E-state index contributed by atoms with van der Waals surface area (Å²) >= 11 is 0.924. The van der Waals surface area contributed by atoms with Gasteiger partial charge in [-0.05, 0) is 42.5 Å². The second-order valence-corrected chi connectivity index (χ2v) is 7.70. The van der Waals surface area contributed by atoms with Gasteiger partial charge in [0, 0.05) is 12.1 Å². The Morgan fingerprint density at radius 2 is 1.91 bits per heavy atom. The number of carbonyl (C=O) groups excluding carboxylic acids is 2. The predicted molar refractivity (Wildman–Crippen MR) is 121 cm³/mol. The molecule has 1 aromatic heterocycles. The highest BCUT2D eigenvalue weighted by Gasteiger charge is 2.31. The molecule has 34 heavy (non-hydrogen) atoms. The maximum absolute atomic E-state index is 13.3. The fourth-order valence-electron chi connectivity index (χ4n) is 2.85. The fraction of sp³-hybridized carbons (Fsp3) is 0.182. The smallest absolute Gasteiger partial charge is 0.416 e. The summed E-state index contributed by atoms with van der Waals surface area (Å²) < 4.78 is 46.5. The van der Waals surface area contributed by atoms with E-state index in [9.17, 15) is 22.8 Å². The summed E-state index contributed by atoms with van der Waals surface area (Å²) in [5.41, 5.74) is -0.102. The van der Waals surface area contributed by atoms with Crippen molar-refractivity contribution in [1.82, 2.24) is 25.4 Å². The Hall–Kier alpha value is -3.80. The third kappa shape index (κ3) is 6.16. The van der Waals surface area contributed by atoms with Crippen LogP contribution in [0.2, 0.25) is 0 Å². The summed E-state index contributed by atoms with van der Waals surface area (Å²) in [5, 5.41) is 12.9. The molecule has 0 fully saturated rings. The first-order valence-corrected chi connectivity index (χ1v) is 10.8. The van der Waals surface area contributed by atoms with E-state index in [1.165, 1.54) is 29.9 Å². The van der Waals surface area contributed by atoms with E-state index in [0.717, 1.165) is 23.9 Å². The van der Waals surface area contributed by atoms with Crippen molar-refractivity contribution >= 4 is 23.7 Å². The molecule has 12 heteroatoms. The monoisotopic (exact) mass is 491 g/mol. The van der Waals surface area contributed by atoms with Gasteiger partial charge in [-0.3, -0.25) is 14.7 Å². The van der Waals surface area contributed by atoms with Gasteiger partial charge in [-0.1, -0.05) is 23.9 Å². The lowest BCUT2D eigenvalue weighted by Gasteiger charge is -2.13. The zero-order valence-corrected chi connectivity index (χ0v) is 18.7. The summed E-state index contributed by atoms with van der Waals surface area (Å²) in [5.74, 6) is 0.0287. The van der Waals surface area contributed by atoms with E-state index < -0.39 is 23.7 Å². The summed E-state index contributed by atoms with van der Waals surface area (Å²) in [6, 6.07) is 10.8. The minimum absolute atomic E-state index is 0.164. The molecule has 0 bridgehead atoms. The second-order valence-electron chi connectivity index (χ2n) is 6.75. The number of amides is 3. The van der Waals surface area contributed by atoms with Crippen molar-refractivity contribution in [3.05, 3.63) is 66.7 Å². The number of alkyl halides is 3. The van der Waals surface area contributed by atoms with Gasteiger partial charge in [-0.15, -0.1) is 16.8 Å². The Bertz CT molecular complexity index is 1180. The highest BCUT2D eigenvalue weighted by atomic mass is 32.2. The minimum Gasteiger partial charge on any atom is -0.497 e. The first kappa shape index (κ1) is 24.8. The molecule has 0 saturated heterocycles. The Morgan fingerprint density at radius 1 is 1.18 bits per heavy atom. The number of halogens is 3. The maximum Gasteiger partial charge on any atom is 0.416 e. The summed E-state index contributed by atoms with van der Waals surface area (Å²) in [7, 11) is 1.51. The van der Waals surface area contributed by atoms with E-state index in [4.69, 9.17) is 4.74 Å². The number of benzene rings is 2. The number of urea groups is 1. The molecule has 3 rings (SSSR count). The second kappa shape index (κ2) is 10.9. The average Bonchev–Trinajstić information content (AvgIpc) is 3.25. The molecule has 0 radical (unpaired) electrons. The van der Waals surface area contributed by atoms with Gasteiger partial charge in [0.1, 0.15) is 5.75 Å². The number of hydrogen-bond acceptors (Lipinski definition) is 6. The zero-order chi connectivity index (χ0) is 24.7. The van der Waals surface area contributed by atoms with E-state index in [1.807, 2.05) is 0 Å². The fourth-order valence-corrected chi connectivity index (χ4v) is 3.60. The van der Waals surface area contributed by atoms with Crippen molar-refractivity contribution in [3.8, 4) is 22.8 Å². The lowest BCUT2D eigenvalue weighted by molar-refractivity contribution is -0.137. The van der Waals surface area contributed by atoms with Gasteiger partial charge in [0.2, 0.25) is 5.91 Å². The number of rotatable bonds is 8. The van der Waals surface area contributed by atoms with E-state index in [-0.39, 0.29) is 29.0 Å². The lowest BCUT2D eigenvalue weighted by Crippen LogP contribution is -2.40. The molecule has 0 aliphatic heterocycles. The van der Waals surface area contributed by atoms with Crippen LogP contribution in [-0.2, 0) is 11.0 Å². The maximum atomic E-state index is 13.3. The Kier molecular flexibility index (Phi) is 7.95. The van der Waals surface area contributed by atoms with Crippen molar-refractivity contribution < 1.29 is 27.5 Å². The van der Waals surface area contributed by atoms with Crippen molar-refractivity contribution in [3.63, 3.8) is 0 Å². The molecule has 0 unspecified atom stereocenters. The number of imide groups is 1. The zero-order valence-electron chi connectivity index (χ0n) is 17.9. The molecule has 0 saturated carbocycles. The number of methoxy groups -OCH3 is 1. The molecular formula is C22H20F3N5O3S. The van der Waals surface area contributed by atoms with E-state index >= 15 is 0 Å². The van der Waals surface area contributed by atoms with Gasteiger partial charge in [-0.25, -0.2) is 4.79 Å². The van der Waals surface area contributed by atoms with Crippen LogP contribution in [0.5, 0.6) is 5.75 Å². The van der Waals surface area contributed by atoms with Crippen LogP contribution in [0.15, 0.2) is 66.3 Å². The van der Waals surface area contributed by atoms with Crippen LogP contribution in [0, 0.1) is 0 Å². The van der Waals surface area contributed by atoms with Gasteiger partial charge < -0.3 is 10.1 Å². The molecule has 0 aliphatic carbocycles. The van der Waals surface area contributed by atoms with Crippen molar-refractivity contribution in [2.24, 2.45) is 0 Å². The van der Waals surface area contributed by atoms with Gasteiger partial charge in [-0.2, -0.15) is 13.2 Å². The number of nitrogens with one attached hydrogen (secondary N) is 2.